The Kier molecular flexibility index (Phi) is 6.09. The molecule has 0 rings (SSSR count). The standard InChI is InChI=1S/C11H22O/c1-5-10(6-2)7-11(8-12)9(3)4/h7,9-10,12H,5-6,8H2,1-4H3. The van der Waals surface area contributed by atoms with E-state index in [0.717, 1.165) is 0 Å². The van der Waals surface area contributed by atoms with E-state index in [2.05, 4.69) is 33.8 Å². The highest BCUT2D eigenvalue weighted by molar-refractivity contribution is 5.06. The molecule has 1 heteroatoms. The van der Waals surface area contributed by atoms with E-state index in [4.69, 9.17) is 5.11 Å². The van der Waals surface area contributed by atoms with Gasteiger partial charge >= 0.3 is 0 Å². The Balaban J connectivity index is 4.24. The van der Waals surface area contributed by atoms with Gasteiger partial charge in [0.15, 0.2) is 0 Å². The molecule has 72 valence electrons. The lowest BCUT2D eigenvalue weighted by molar-refractivity contribution is 0.316. The fourth-order valence-electron chi connectivity index (χ4n) is 1.25. The molecule has 0 bridgehead atoms. The summed E-state index contributed by atoms with van der Waals surface area (Å²) >= 11 is 0. The van der Waals surface area contributed by atoms with Crippen LogP contribution in [0.4, 0.5) is 0 Å². The zero-order valence-corrected chi connectivity index (χ0v) is 8.80. The third-order valence-corrected chi connectivity index (χ3v) is 2.42. The van der Waals surface area contributed by atoms with E-state index < -0.39 is 0 Å². The second-order valence-electron chi connectivity index (χ2n) is 3.63. The average molecular weight is 170 g/mol. The zero-order chi connectivity index (χ0) is 9.56. The summed E-state index contributed by atoms with van der Waals surface area (Å²) in [5.41, 5.74) is 1.18. The van der Waals surface area contributed by atoms with Crippen molar-refractivity contribution in [1.82, 2.24) is 0 Å². The van der Waals surface area contributed by atoms with Crippen LogP contribution in [0, 0.1) is 11.8 Å². The summed E-state index contributed by atoms with van der Waals surface area (Å²) in [4.78, 5) is 0. The van der Waals surface area contributed by atoms with Gasteiger partial charge in [0.1, 0.15) is 0 Å². The number of aliphatic hydroxyl groups is 1. The number of allylic oxidation sites excluding steroid dienone is 1. The van der Waals surface area contributed by atoms with E-state index in [9.17, 15) is 0 Å². The van der Waals surface area contributed by atoms with Crippen LogP contribution in [0.2, 0.25) is 0 Å². The topological polar surface area (TPSA) is 20.2 Å². The minimum Gasteiger partial charge on any atom is -0.392 e. The van der Waals surface area contributed by atoms with Crippen molar-refractivity contribution >= 4 is 0 Å². The van der Waals surface area contributed by atoms with Gasteiger partial charge in [0, 0.05) is 0 Å². The molecule has 0 atom stereocenters. The van der Waals surface area contributed by atoms with Gasteiger partial charge in [-0.2, -0.15) is 0 Å². The summed E-state index contributed by atoms with van der Waals surface area (Å²) in [5.74, 6) is 1.13. The van der Waals surface area contributed by atoms with Crippen molar-refractivity contribution in [2.75, 3.05) is 6.61 Å². The molecule has 0 aliphatic carbocycles. The quantitative estimate of drug-likeness (QED) is 0.629. The Bertz CT molecular complexity index is 132. The molecular formula is C11H22O. The Morgan fingerprint density at radius 1 is 1.25 bits per heavy atom. The highest BCUT2D eigenvalue weighted by Gasteiger charge is 2.05. The Hall–Kier alpha value is -0.300. The fourth-order valence-corrected chi connectivity index (χ4v) is 1.25. The molecule has 0 aromatic rings. The monoisotopic (exact) mass is 170 g/mol. The summed E-state index contributed by atoms with van der Waals surface area (Å²) in [5, 5.41) is 9.07. The van der Waals surface area contributed by atoms with Gasteiger partial charge in [-0.05, 0) is 30.3 Å². The van der Waals surface area contributed by atoms with Crippen molar-refractivity contribution in [3.05, 3.63) is 11.6 Å². The van der Waals surface area contributed by atoms with Crippen molar-refractivity contribution in [3.63, 3.8) is 0 Å². The summed E-state index contributed by atoms with van der Waals surface area (Å²) in [6.07, 6.45) is 4.59. The third kappa shape index (κ3) is 3.91. The molecule has 0 heterocycles. The highest BCUT2D eigenvalue weighted by Crippen LogP contribution is 2.16. The van der Waals surface area contributed by atoms with Crippen molar-refractivity contribution in [1.29, 1.82) is 0 Å². The zero-order valence-electron chi connectivity index (χ0n) is 8.80. The first kappa shape index (κ1) is 11.7. The van der Waals surface area contributed by atoms with Crippen LogP contribution in [-0.4, -0.2) is 11.7 Å². The van der Waals surface area contributed by atoms with Gasteiger partial charge in [0.25, 0.3) is 0 Å². The van der Waals surface area contributed by atoms with E-state index in [0.29, 0.717) is 11.8 Å². The summed E-state index contributed by atoms with van der Waals surface area (Å²) < 4.78 is 0. The Morgan fingerprint density at radius 2 is 1.75 bits per heavy atom. The van der Waals surface area contributed by atoms with E-state index in [1.807, 2.05) is 0 Å². The van der Waals surface area contributed by atoms with Crippen molar-refractivity contribution in [2.45, 2.75) is 40.5 Å². The molecule has 0 aromatic carbocycles. The molecule has 1 nitrogen and oxygen atoms in total. The molecular weight excluding hydrogens is 148 g/mol. The van der Waals surface area contributed by atoms with Gasteiger partial charge in [0.05, 0.1) is 6.61 Å². The SMILES string of the molecule is CCC(C=C(CO)C(C)C)CC. The van der Waals surface area contributed by atoms with Gasteiger partial charge in [-0.25, -0.2) is 0 Å². The first-order valence-electron chi connectivity index (χ1n) is 4.97. The molecule has 0 saturated carbocycles. The summed E-state index contributed by atoms with van der Waals surface area (Å²) in [6.45, 7) is 8.86. The fraction of sp³-hybridized carbons (Fsp3) is 0.818. The Labute approximate surface area is 76.5 Å². The van der Waals surface area contributed by atoms with Gasteiger partial charge < -0.3 is 5.11 Å². The lowest BCUT2D eigenvalue weighted by Crippen LogP contribution is -2.03. The van der Waals surface area contributed by atoms with Crippen molar-refractivity contribution in [2.24, 2.45) is 11.8 Å². The van der Waals surface area contributed by atoms with E-state index >= 15 is 0 Å². The Morgan fingerprint density at radius 3 is 2.00 bits per heavy atom. The first-order chi connectivity index (χ1) is 5.65. The van der Waals surface area contributed by atoms with Crippen LogP contribution in [0.15, 0.2) is 11.6 Å². The highest BCUT2D eigenvalue weighted by atomic mass is 16.3. The van der Waals surface area contributed by atoms with Crippen LogP contribution in [0.1, 0.15) is 40.5 Å². The lowest BCUT2D eigenvalue weighted by Gasteiger charge is -2.12. The predicted molar refractivity (Wildman–Crippen MR) is 54.1 cm³/mol. The molecule has 0 radical (unpaired) electrons. The van der Waals surface area contributed by atoms with Gasteiger partial charge in [-0.15, -0.1) is 0 Å². The van der Waals surface area contributed by atoms with Crippen molar-refractivity contribution < 1.29 is 5.11 Å². The van der Waals surface area contributed by atoms with Crippen LogP contribution < -0.4 is 0 Å². The maximum Gasteiger partial charge on any atom is 0.0644 e. The number of rotatable bonds is 5. The second kappa shape index (κ2) is 6.24. The molecule has 0 aliphatic rings. The van der Waals surface area contributed by atoms with Gasteiger partial charge in [0.2, 0.25) is 0 Å². The molecule has 0 spiro atoms. The maximum atomic E-state index is 9.07. The maximum absolute atomic E-state index is 9.07. The number of hydrogen-bond donors (Lipinski definition) is 1. The third-order valence-electron chi connectivity index (χ3n) is 2.42. The molecule has 0 unspecified atom stereocenters. The molecule has 0 fully saturated rings. The minimum atomic E-state index is 0.216. The van der Waals surface area contributed by atoms with E-state index in [1.54, 1.807) is 0 Å². The molecule has 1 N–H and O–H groups in total. The van der Waals surface area contributed by atoms with Gasteiger partial charge in [-0.1, -0.05) is 33.8 Å². The number of hydrogen-bond acceptors (Lipinski definition) is 1. The smallest absolute Gasteiger partial charge is 0.0644 e. The normalized spacial score (nSPS) is 13.1. The molecule has 12 heavy (non-hydrogen) atoms. The molecule has 0 saturated heterocycles. The van der Waals surface area contributed by atoms with Crippen molar-refractivity contribution in [3.8, 4) is 0 Å². The molecule has 0 amide bonds. The van der Waals surface area contributed by atoms with Crippen LogP contribution in [-0.2, 0) is 0 Å². The minimum absolute atomic E-state index is 0.216. The molecule has 0 aliphatic heterocycles. The average Bonchev–Trinajstić information content (AvgIpc) is 2.06. The number of aliphatic hydroxyl groups excluding tert-OH is 1. The van der Waals surface area contributed by atoms with Crippen LogP contribution in [0.3, 0.4) is 0 Å². The largest absolute Gasteiger partial charge is 0.392 e. The van der Waals surface area contributed by atoms with Crippen LogP contribution in [0.25, 0.3) is 0 Å². The van der Waals surface area contributed by atoms with Crippen LogP contribution >= 0.6 is 0 Å². The first-order valence-corrected chi connectivity index (χ1v) is 4.97. The van der Waals surface area contributed by atoms with E-state index in [1.165, 1.54) is 18.4 Å². The van der Waals surface area contributed by atoms with Crippen LogP contribution in [0.5, 0.6) is 0 Å². The second-order valence-corrected chi connectivity index (χ2v) is 3.63. The van der Waals surface area contributed by atoms with Gasteiger partial charge in [-0.3, -0.25) is 0 Å². The molecule has 0 aromatic heterocycles. The lowest BCUT2D eigenvalue weighted by atomic mass is 9.95. The summed E-state index contributed by atoms with van der Waals surface area (Å²) in [6, 6.07) is 0. The predicted octanol–water partition coefficient (Wildman–Crippen LogP) is 3.00. The summed E-state index contributed by atoms with van der Waals surface area (Å²) in [7, 11) is 0. The van der Waals surface area contributed by atoms with E-state index in [-0.39, 0.29) is 6.61 Å².